The van der Waals surface area contributed by atoms with E-state index in [2.05, 4.69) is 9.88 Å². The number of rotatable bonds is 4. The molecule has 1 N–H and O–H groups in total. The lowest BCUT2D eigenvalue weighted by Gasteiger charge is -2.20. The highest BCUT2D eigenvalue weighted by molar-refractivity contribution is 6.31. The maximum Gasteiger partial charge on any atom is 0.0776 e. The number of hydrogen-bond acceptors (Lipinski definition) is 3. The molecule has 0 aliphatic heterocycles. The molecule has 1 heterocycles. The van der Waals surface area contributed by atoms with Crippen molar-refractivity contribution in [2.75, 3.05) is 11.9 Å². The van der Waals surface area contributed by atoms with E-state index in [0.717, 1.165) is 23.4 Å². The Balaban J connectivity index is 2.16. The van der Waals surface area contributed by atoms with Crippen LogP contribution in [-0.4, -0.2) is 17.1 Å². The Labute approximate surface area is 118 Å². The molecule has 0 spiro atoms. The Bertz CT molecular complexity index is 543. The minimum Gasteiger partial charge on any atom is -0.389 e. The van der Waals surface area contributed by atoms with Gasteiger partial charge in [0.25, 0.3) is 0 Å². The molecular formula is C15H17ClN2O. The Hall–Kier alpha value is -1.58. The first-order chi connectivity index (χ1) is 9.08. The summed E-state index contributed by atoms with van der Waals surface area (Å²) in [5.74, 6) is 0. The summed E-state index contributed by atoms with van der Waals surface area (Å²) in [6.07, 6.45) is 3.06. The fraction of sp³-hybridized carbons (Fsp3) is 0.267. The highest BCUT2D eigenvalue weighted by Gasteiger charge is 2.09. The summed E-state index contributed by atoms with van der Waals surface area (Å²) >= 11 is 6.17. The first-order valence-electron chi connectivity index (χ1n) is 6.15. The molecule has 1 aromatic carbocycles. The van der Waals surface area contributed by atoms with Gasteiger partial charge in [-0.25, -0.2) is 0 Å². The van der Waals surface area contributed by atoms with Crippen LogP contribution in [0.15, 0.2) is 42.7 Å². The molecule has 0 aliphatic rings. The molecule has 4 heteroatoms. The number of halogens is 1. The van der Waals surface area contributed by atoms with Gasteiger partial charge in [0, 0.05) is 36.7 Å². The lowest BCUT2D eigenvalue weighted by Crippen LogP contribution is -2.16. The van der Waals surface area contributed by atoms with Crippen molar-refractivity contribution in [3.63, 3.8) is 0 Å². The van der Waals surface area contributed by atoms with Crippen LogP contribution in [0.25, 0.3) is 0 Å². The third-order valence-electron chi connectivity index (χ3n) is 3.02. The molecule has 19 heavy (non-hydrogen) atoms. The maximum absolute atomic E-state index is 9.56. The van der Waals surface area contributed by atoms with Gasteiger partial charge in [0.05, 0.1) is 6.10 Å². The van der Waals surface area contributed by atoms with Crippen LogP contribution < -0.4 is 4.90 Å². The number of aliphatic hydroxyl groups excluding tert-OH is 1. The van der Waals surface area contributed by atoms with Gasteiger partial charge in [-0.05, 0) is 36.2 Å². The third kappa shape index (κ3) is 3.46. The van der Waals surface area contributed by atoms with Crippen molar-refractivity contribution in [3.05, 3.63) is 58.9 Å². The number of hydrogen-bond donors (Lipinski definition) is 1. The quantitative estimate of drug-likeness (QED) is 0.929. The molecule has 0 bridgehead atoms. The Morgan fingerprint density at radius 3 is 2.74 bits per heavy atom. The second-order valence-corrected chi connectivity index (χ2v) is 5.01. The van der Waals surface area contributed by atoms with Crippen LogP contribution in [0.4, 0.5) is 5.69 Å². The maximum atomic E-state index is 9.56. The van der Waals surface area contributed by atoms with Crippen molar-refractivity contribution in [1.29, 1.82) is 0 Å². The largest absolute Gasteiger partial charge is 0.389 e. The fourth-order valence-corrected chi connectivity index (χ4v) is 2.28. The van der Waals surface area contributed by atoms with Gasteiger partial charge in [0.2, 0.25) is 0 Å². The molecule has 1 aromatic heterocycles. The smallest absolute Gasteiger partial charge is 0.0776 e. The summed E-state index contributed by atoms with van der Waals surface area (Å²) in [5.41, 5.74) is 2.90. The predicted molar refractivity (Wildman–Crippen MR) is 78.4 cm³/mol. The molecule has 2 aromatic rings. The van der Waals surface area contributed by atoms with E-state index >= 15 is 0 Å². The summed E-state index contributed by atoms with van der Waals surface area (Å²) in [6.45, 7) is 2.47. The molecule has 2 rings (SSSR count). The Morgan fingerprint density at radius 2 is 2.16 bits per heavy atom. The summed E-state index contributed by atoms with van der Waals surface area (Å²) < 4.78 is 0. The average Bonchev–Trinajstić information content (AvgIpc) is 2.39. The van der Waals surface area contributed by atoms with E-state index in [4.69, 9.17) is 11.6 Å². The predicted octanol–water partition coefficient (Wildman–Crippen LogP) is 3.42. The number of anilines is 1. The SMILES string of the molecule is CC(O)c1ccc(N(C)Cc2cccnc2)cc1Cl. The molecule has 0 saturated heterocycles. The molecule has 0 radical (unpaired) electrons. The van der Waals surface area contributed by atoms with Gasteiger partial charge in [-0.2, -0.15) is 0 Å². The number of nitrogens with zero attached hydrogens (tertiary/aromatic N) is 2. The van der Waals surface area contributed by atoms with E-state index in [0.29, 0.717) is 5.02 Å². The van der Waals surface area contributed by atoms with Crippen LogP contribution in [0.2, 0.25) is 5.02 Å². The molecule has 3 nitrogen and oxygen atoms in total. The lowest BCUT2D eigenvalue weighted by atomic mass is 10.1. The van der Waals surface area contributed by atoms with Crippen LogP contribution in [0.3, 0.4) is 0 Å². The highest BCUT2D eigenvalue weighted by atomic mass is 35.5. The lowest BCUT2D eigenvalue weighted by molar-refractivity contribution is 0.199. The zero-order valence-electron chi connectivity index (χ0n) is 11.0. The van der Waals surface area contributed by atoms with E-state index in [1.807, 2.05) is 43.6 Å². The van der Waals surface area contributed by atoms with Crippen molar-refractivity contribution in [2.45, 2.75) is 19.6 Å². The monoisotopic (exact) mass is 276 g/mol. The molecule has 1 atom stereocenters. The van der Waals surface area contributed by atoms with E-state index in [1.54, 1.807) is 13.1 Å². The summed E-state index contributed by atoms with van der Waals surface area (Å²) in [4.78, 5) is 6.19. The third-order valence-corrected chi connectivity index (χ3v) is 3.34. The van der Waals surface area contributed by atoms with Crippen LogP contribution in [-0.2, 0) is 6.54 Å². The summed E-state index contributed by atoms with van der Waals surface area (Å²) in [6, 6.07) is 9.66. The number of aromatic nitrogens is 1. The zero-order valence-corrected chi connectivity index (χ0v) is 11.8. The molecular weight excluding hydrogens is 260 g/mol. The van der Waals surface area contributed by atoms with Gasteiger partial charge >= 0.3 is 0 Å². The van der Waals surface area contributed by atoms with Crippen LogP contribution >= 0.6 is 11.6 Å². The zero-order chi connectivity index (χ0) is 13.8. The number of benzene rings is 1. The van der Waals surface area contributed by atoms with Gasteiger partial charge in [0.1, 0.15) is 0 Å². The van der Waals surface area contributed by atoms with Gasteiger partial charge in [-0.3, -0.25) is 4.98 Å². The molecule has 100 valence electrons. The Morgan fingerprint density at radius 1 is 1.37 bits per heavy atom. The van der Waals surface area contributed by atoms with Gasteiger partial charge in [-0.15, -0.1) is 0 Å². The van der Waals surface area contributed by atoms with Gasteiger partial charge in [0.15, 0.2) is 0 Å². The minimum absolute atomic E-state index is 0.551. The average molecular weight is 277 g/mol. The van der Waals surface area contributed by atoms with E-state index < -0.39 is 6.10 Å². The van der Waals surface area contributed by atoms with E-state index in [9.17, 15) is 5.11 Å². The van der Waals surface area contributed by atoms with Crippen molar-refractivity contribution in [1.82, 2.24) is 4.98 Å². The van der Waals surface area contributed by atoms with Crippen molar-refractivity contribution >= 4 is 17.3 Å². The molecule has 0 aliphatic carbocycles. The first-order valence-corrected chi connectivity index (χ1v) is 6.53. The molecule has 1 unspecified atom stereocenters. The van der Waals surface area contributed by atoms with E-state index in [1.165, 1.54) is 0 Å². The van der Waals surface area contributed by atoms with Gasteiger partial charge < -0.3 is 10.0 Å². The van der Waals surface area contributed by atoms with Crippen LogP contribution in [0.1, 0.15) is 24.2 Å². The number of aliphatic hydroxyl groups is 1. The fourth-order valence-electron chi connectivity index (χ4n) is 1.95. The molecule has 0 amide bonds. The van der Waals surface area contributed by atoms with Crippen LogP contribution in [0, 0.1) is 0 Å². The molecule has 0 fully saturated rings. The van der Waals surface area contributed by atoms with Crippen molar-refractivity contribution in [3.8, 4) is 0 Å². The summed E-state index contributed by atoms with van der Waals surface area (Å²) in [7, 11) is 2.00. The van der Waals surface area contributed by atoms with Crippen molar-refractivity contribution < 1.29 is 5.11 Å². The first kappa shape index (κ1) is 13.8. The second-order valence-electron chi connectivity index (χ2n) is 4.60. The van der Waals surface area contributed by atoms with E-state index in [-0.39, 0.29) is 0 Å². The normalized spacial score (nSPS) is 12.2. The second kappa shape index (κ2) is 6.04. The highest BCUT2D eigenvalue weighted by Crippen LogP contribution is 2.27. The topological polar surface area (TPSA) is 36.4 Å². The van der Waals surface area contributed by atoms with Crippen LogP contribution in [0.5, 0.6) is 0 Å². The van der Waals surface area contributed by atoms with Crippen molar-refractivity contribution in [2.24, 2.45) is 0 Å². The minimum atomic E-state index is -0.551. The standard InChI is InChI=1S/C15H17ClN2O/c1-11(19)14-6-5-13(8-15(14)16)18(2)10-12-4-3-7-17-9-12/h3-9,11,19H,10H2,1-2H3. The number of pyridine rings is 1. The van der Waals surface area contributed by atoms with Gasteiger partial charge in [-0.1, -0.05) is 23.7 Å². The molecule has 0 saturated carbocycles. The Kier molecular flexibility index (Phi) is 4.40. The summed E-state index contributed by atoms with van der Waals surface area (Å²) in [5, 5.41) is 10.2.